The van der Waals surface area contributed by atoms with Gasteiger partial charge in [-0.25, -0.2) is 0 Å². The Kier molecular flexibility index (Phi) is 5.18. The number of fused-ring (bicyclic) bond motifs is 1. The Labute approximate surface area is 127 Å². The van der Waals surface area contributed by atoms with Crippen molar-refractivity contribution in [3.63, 3.8) is 0 Å². The van der Waals surface area contributed by atoms with Crippen LogP contribution in [-0.4, -0.2) is 35.6 Å². The van der Waals surface area contributed by atoms with Gasteiger partial charge < -0.3 is 9.47 Å². The molecule has 0 unspecified atom stereocenters. The second kappa shape index (κ2) is 7.09. The molecule has 2 nitrogen and oxygen atoms in total. The summed E-state index contributed by atoms with van der Waals surface area (Å²) in [4.78, 5) is 3.35. The molecule has 0 atom stereocenters. The number of nitrogens with one attached hydrogen (secondary N) is 1. The Morgan fingerprint density at radius 1 is 0.952 bits per heavy atom. The lowest BCUT2D eigenvalue weighted by Crippen LogP contribution is -2.49. The van der Waals surface area contributed by atoms with Crippen molar-refractivity contribution in [1.82, 2.24) is 4.98 Å². The van der Waals surface area contributed by atoms with Gasteiger partial charge >= 0.3 is 0 Å². The van der Waals surface area contributed by atoms with E-state index in [2.05, 4.69) is 55.2 Å². The van der Waals surface area contributed by atoms with Crippen molar-refractivity contribution >= 4 is 10.9 Å². The molecule has 0 radical (unpaired) electrons. The van der Waals surface area contributed by atoms with E-state index in [-0.39, 0.29) is 0 Å². The summed E-state index contributed by atoms with van der Waals surface area (Å²) in [5, 5.41) is 1.33. The Hall–Kier alpha value is -2.06. The van der Waals surface area contributed by atoms with E-state index in [1.807, 2.05) is 18.2 Å². The third-order valence-electron chi connectivity index (χ3n) is 4.08. The molecule has 1 aromatic heterocycles. The largest absolute Gasteiger partial charge is 0.361 e. The number of hydrogen-bond acceptors (Lipinski definition) is 0. The second-order valence-corrected chi connectivity index (χ2v) is 5.59. The highest BCUT2D eigenvalue weighted by Crippen LogP contribution is 2.20. The van der Waals surface area contributed by atoms with E-state index in [0.717, 1.165) is 37.1 Å². The Balaban J connectivity index is 2.18. The summed E-state index contributed by atoms with van der Waals surface area (Å²) in [6, 6.07) is 8.47. The van der Waals surface area contributed by atoms with E-state index < -0.39 is 0 Å². The smallest absolute Gasteiger partial charge is 0.0976 e. The molecule has 0 fully saturated rings. The lowest BCUT2D eigenvalue weighted by molar-refractivity contribution is -0.911. The maximum absolute atomic E-state index is 3.91. The van der Waals surface area contributed by atoms with Gasteiger partial charge in [0.1, 0.15) is 0 Å². The molecule has 0 saturated carbocycles. The van der Waals surface area contributed by atoms with Crippen LogP contribution in [-0.2, 0) is 6.42 Å². The molecule has 1 aromatic carbocycles. The number of nitrogens with zero attached hydrogens (tertiary/aromatic N) is 1. The molecule has 2 aromatic rings. The first-order valence-corrected chi connectivity index (χ1v) is 7.47. The van der Waals surface area contributed by atoms with Crippen LogP contribution in [0.4, 0.5) is 0 Å². The topological polar surface area (TPSA) is 15.8 Å². The molecular formula is C19H25N2+. The van der Waals surface area contributed by atoms with Crippen molar-refractivity contribution in [2.45, 2.75) is 6.42 Å². The minimum atomic E-state index is 0.940. The molecule has 1 heterocycles. The maximum Gasteiger partial charge on any atom is 0.0976 e. The minimum absolute atomic E-state index is 0.940. The molecule has 2 heteroatoms. The second-order valence-electron chi connectivity index (χ2n) is 5.59. The van der Waals surface area contributed by atoms with E-state index in [0.29, 0.717) is 0 Å². The summed E-state index contributed by atoms with van der Waals surface area (Å²) in [6.07, 6.45) is 9.18. The molecule has 0 aliphatic rings. The maximum atomic E-state index is 3.91. The average Bonchev–Trinajstić information content (AvgIpc) is 2.89. The lowest BCUT2D eigenvalue weighted by atomic mass is 10.1. The number of aromatic amines is 1. The number of para-hydroxylation sites is 1. The summed E-state index contributed by atoms with van der Waals surface area (Å²) >= 11 is 0. The van der Waals surface area contributed by atoms with Gasteiger partial charge in [0.25, 0.3) is 0 Å². The zero-order valence-electron chi connectivity index (χ0n) is 12.7. The van der Waals surface area contributed by atoms with E-state index in [4.69, 9.17) is 0 Å². The Morgan fingerprint density at radius 3 is 2.19 bits per heavy atom. The Bertz CT molecular complexity index is 595. The molecule has 0 amide bonds. The van der Waals surface area contributed by atoms with Crippen molar-refractivity contribution < 1.29 is 4.48 Å². The highest BCUT2D eigenvalue weighted by molar-refractivity contribution is 5.82. The van der Waals surface area contributed by atoms with E-state index >= 15 is 0 Å². The molecule has 0 aliphatic heterocycles. The van der Waals surface area contributed by atoms with Crippen molar-refractivity contribution in [3.05, 3.63) is 74.0 Å². The van der Waals surface area contributed by atoms with Crippen molar-refractivity contribution in [3.8, 4) is 0 Å². The number of H-pyrrole nitrogens is 1. The summed E-state index contributed by atoms with van der Waals surface area (Å²) in [5.41, 5.74) is 2.59. The molecule has 0 aliphatic carbocycles. The average molecular weight is 281 g/mol. The van der Waals surface area contributed by atoms with Gasteiger partial charge in [-0.3, -0.25) is 0 Å². The SMILES string of the molecule is C=CC[N+](CC=C)(CC=C)CCc1c[nH]c2ccccc12. The third kappa shape index (κ3) is 3.53. The summed E-state index contributed by atoms with van der Waals surface area (Å²) in [5.74, 6) is 0. The lowest BCUT2D eigenvalue weighted by Gasteiger charge is -2.36. The molecule has 110 valence electrons. The van der Waals surface area contributed by atoms with Crippen LogP contribution < -0.4 is 0 Å². The van der Waals surface area contributed by atoms with Gasteiger partial charge in [0.15, 0.2) is 0 Å². The number of quaternary nitrogens is 1. The van der Waals surface area contributed by atoms with Gasteiger partial charge in [0, 0.05) is 23.5 Å². The van der Waals surface area contributed by atoms with E-state index in [1.165, 1.54) is 16.5 Å². The summed E-state index contributed by atoms with van der Waals surface area (Å²) in [7, 11) is 0. The fourth-order valence-corrected chi connectivity index (χ4v) is 3.02. The first-order chi connectivity index (χ1) is 10.2. The third-order valence-corrected chi connectivity index (χ3v) is 4.08. The first-order valence-electron chi connectivity index (χ1n) is 7.47. The fourth-order valence-electron chi connectivity index (χ4n) is 3.02. The van der Waals surface area contributed by atoms with Crippen LogP contribution in [0.2, 0.25) is 0 Å². The Morgan fingerprint density at radius 2 is 1.57 bits per heavy atom. The molecule has 0 bridgehead atoms. The van der Waals surface area contributed by atoms with Crippen LogP contribution in [0, 0.1) is 0 Å². The zero-order valence-corrected chi connectivity index (χ0v) is 12.7. The van der Waals surface area contributed by atoms with E-state index in [9.17, 15) is 0 Å². The van der Waals surface area contributed by atoms with Crippen LogP contribution in [0.3, 0.4) is 0 Å². The number of rotatable bonds is 9. The van der Waals surface area contributed by atoms with Gasteiger partial charge in [0.2, 0.25) is 0 Å². The molecule has 1 N–H and O–H groups in total. The van der Waals surface area contributed by atoms with Crippen LogP contribution >= 0.6 is 0 Å². The van der Waals surface area contributed by atoms with Gasteiger partial charge in [-0.15, -0.1) is 0 Å². The quantitative estimate of drug-likeness (QED) is 0.526. The minimum Gasteiger partial charge on any atom is -0.361 e. The van der Waals surface area contributed by atoms with Crippen molar-refractivity contribution in [1.29, 1.82) is 0 Å². The standard InChI is InChI=1S/C19H25N2/c1-4-12-21(13-5-2,14-6-3)15-11-17-16-20-19-10-8-7-9-18(17)19/h4-10,16,20H,1-3,11-15H2/q+1. The molecular weight excluding hydrogens is 256 g/mol. The monoisotopic (exact) mass is 281 g/mol. The molecule has 21 heavy (non-hydrogen) atoms. The van der Waals surface area contributed by atoms with Gasteiger partial charge in [-0.1, -0.05) is 37.9 Å². The molecule has 0 saturated heterocycles. The zero-order chi connectivity index (χ0) is 15.1. The van der Waals surface area contributed by atoms with Crippen molar-refractivity contribution in [2.24, 2.45) is 0 Å². The normalized spacial score (nSPS) is 11.4. The van der Waals surface area contributed by atoms with Crippen molar-refractivity contribution in [2.75, 3.05) is 26.2 Å². The van der Waals surface area contributed by atoms with Crippen LogP contribution in [0.25, 0.3) is 10.9 Å². The molecule has 0 spiro atoms. The number of hydrogen-bond donors (Lipinski definition) is 1. The van der Waals surface area contributed by atoms with Gasteiger partial charge in [0.05, 0.1) is 26.2 Å². The number of benzene rings is 1. The van der Waals surface area contributed by atoms with Crippen LogP contribution in [0.1, 0.15) is 5.56 Å². The summed E-state index contributed by atoms with van der Waals surface area (Å²) in [6.45, 7) is 15.6. The van der Waals surface area contributed by atoms with Crippen LogP contribution in [0.15, 0.2) is 68.4 Å². The van der Waals surface area contributed by atoms with Gasteiger partial charge in [-0.2, -0.15) is 0 Å². The van der Waals surface area contributed by atoms with E-state index in [1.54, 1.807) is 0 Å². The van der Waals surface area contributed by atoms with Gasteiger partial charge in [-0.05, 0) is 29.9 Å². The summed E-state index contributed by atoms with van der Waals surface area (Å²) < 4.78 is 0.940. The molecule has 2 rings (SSSR count). The highest BCUT2D eigenvalue weighted by Gasteiger charge is 2.23. The number of aromatic nitrogens is 1. The predicted octanol–water partition coefficient (Wildman–Crippen LogP) is 4.09. The first kappa shape index (κ1) is 15.3. The van der Waals surface area contributed by atoms with Crippen LogP contribution in [0.5, 0.6) is 0 Å². The predicted molar refractivity (Wildman–Crippen MR) is 92.3 cm³/mol. The fraction of sp³-hybridized carbons (Fsp3) is 0.263. The highest BCUT2D eigenvalue weighted by atomic mass is 15.3.